The molecule has 0 saturated carbocycles. The highest BCUT2D eigenvalue weighted by atomic mass is 14.9. The van der Waals surface area contributed by atoms with E-state index >= 15 is 0 Å². The van der Waals surface area contributed by atoms with Crippen molar-refractivity contribution in [1.29, 1.82) is 0 Å². The van der Waals surface area contributed by atoms with E-state index in [0.717, 1.165) is 45.1 Å². The molecule has 5 rings (SSSR count). The zero-order chi connectivity index (χ0) is 27.6. The Bertz CT molecular complexity index is 1570. The van der Waals surface area contributed by atoms with Gasteiger partial charge in [-0.15, -0.1) is 0 Å². The van der Waals surface area contributed by atoms with Crippen LogP contribution in [0.4, 0.5) is 11.4 Å². The van der Waals surface area contributed by atoms with E-state index in [1.807, 2.05) is 24.4 Å². The van der Waals surface area contributed by atoms with Gasteiger partial charge < -0.3 is 5.32 Å². The fourth-order valence-corrected chi connectivity index (χ4v) is 4.68. The summed E-state index contributed by atoms with van der Waals surface area (Å²) in [5.74, 6) is 0. The molecule has 0 radical (unpaired) electrons. The lowest BCUT2D eigenvalue weighted by molar-refractivity contribution is 0.590. The average Bonchev–Trinajstić information content (AvgIpc) is 2.93. The van der Waals surface area contributed by atoms with Crippen LogP contribution in [0.5, 0.6) is 0 Å². The maximum atomic E-state index is 5.11. The predicted octanol–water partition coefficient (Wildman–Crippen LogP) is 9.82. The molecule has 0 aliphatic carbocycles. The third-order valence-electron chi connectivity index (χ3n) is 7.08. The molecular weight excluding hydrogens is 474 g/mol. The first-order valence-electron chi connectivity index (χ1n) is 13.6. The van der Waals surface area contributed by atoms with Gasteiger partial charge in [0.05, 0.1) is 17.1 Å². The molecule has 3 aromatic carbocycles. The van der Waals surface area contributed by atoms with Crippen molar-refractivity contribution in [2.45, 2.75) is 52.4 Å². The Hall–Kier alpha value is -4.24. The van der Waals surface area contributed by atoms with Crippen molar-refractivity contribution in [2.24, 2.45) is 0 Å². The van der Waals surface area contributed by atoms with Crippen LogP contribution < -0.4 is 5.32 Å². The van der Waals surface area contributed by atoms with Crippen molar-refractivity contribution in [2.75, 3.05) is 5.32 Å². The summed E-state index contributed by atoms with van der Waals surface area (Å²) >= 11 is 0. The first-order chi connectivity index (χ1) is 18.6. The Morgan fingerprint density at radius 3 is 1.62 bits per heavy atom. The van der Waals surface area contributed by atoms with Gasteiger partial charge in [-0.25, -0.2) is 4.98 Å². The minimum absolute atomic E-state index is 0.0117. The van der Waals surface area contributed by atoms with Gasteiger partial charge in [0.1, 0.15) is 0 Å². The normalized spacial score (nSPS) is 11.8. The van der Waals surface area contributed by atoms with Crippen LogP contribution in [-0.2, 0) is 10.8 Å². The molecule has 3 heteroatoms. The zero-order valence-electron chi connectivity index (χ0n) is 23.8. The van der Waals surface area contributed by atoms with E-state index in [1.54, 1.807) is 0 Å². The van der Waals surface area contributed by atoms with E-state index in [9.17, 15) is 0 Å². The molecule has 1 N–H and O–H groups in total. The molecule has 0 bridgehead atoms. The number of hydrogen-bond acceptors (Lipinski definition) is 3. The lowest BCUT2D eigenvalue weighted by Crippen LogP contribution is -2.12. The predicted molar refractivity (Wildman–Crippen MR) is 165 cm³/mol. The fourth-order valence-electron chi connectivity index (χ4n) is 4.68. The summed E-state index contributed by atoms with van der Waals surface area (Å²) in [6, 6.07) is 36.0. The quantitative estimate of drug-likeness (QED) is 0.255. The molecule has 5 aromatic rings. The first kappa shape index (κ1) is 26.4. The standard InChI is InChI=1S/C36H37N3/c1-35(2,3)26-18-20-33(28(23-26)31-15-10-11-22-37-31)39-34-21-19-27(36(4,5)6)24-29(34)32-17-12-16-30(38-32)25-13-8-7-9-14-25/h7-24,39H,1-6H3. The van der Waals surface area contributed by atoms with E-state index in [2.05, 4.69) is 132 Å². The van der Waals surface area contributed by atoms with Crippen LogP contribution in [0.1, 0.15) is 52.7 Å². The van der Waals surface area contributed by atoms with Crippen LogP contribution in [0.25, 0.3) is 33.8 Å². The summed E-state index contributed by atoms with van der Waals surface area (Å²) in [6.45, 7) is 13.5. The van der Waals surface area contributed by atoms with Gasteiger partial charge >= 0.3 is 0 Å². The molecular formula is C36H37N3. The van der Waals surface area contributed by atoms with Crippen molar-refractivity contribution >= 4 is 11.4 Å². The molecule has 196 valence electrons. The van der Waals surface area contributed by atoms with E-state index in [-0.39, 0.29) is 10.8 Å². The molecule has 39 heavy (non-hydrogen) atoms. The zero-order valence-corrected chi connectivity index (χ0v) is 23.8. The van der Waals surface area contributed by atoms with Crippen LogP contribution in [0.3, 0.4) is 0 Å². The van der Waals surface area contributed by atoms with Gasteiger partial charge in [-0.05, 0) is 70.5 Å². The van der Waals surface area contributed by atoms with Gasteiger partial charge in [0, 0.05) is 34.3 Å². The second-order valence-electron chi connectivity index (χ2n) is 12.1. The Kier molecular flexibility index (Phi) is 7.10. The van der Waals surface area contributed by atoms with Gasteiger partial charge in [0.25, 0.3) is 0 Å². The fraction of sp³-hybridized carbons (Fsp3) is 0.222. The van der Waals surface area contributed by atoms with Gasteiger partial charge in [0.15, 0.2) is 0 Å². The molecule has 0 aliphatic rings. The second kappa shape index (κ2) is 10.5. The SMILES string of the molecule is CC(C)(C)c1ccc(Nc2ccc(C(C)(C)C)cc2-c2cccc(-c3ccccc3)n2)c(-c2ccccn2)c1. The number of nitrogens with one attached hydrogen (secondary N) is 1. The van der Waals surface area contributed by atoms with Crippen LogP contribution in [0, 0.1) is 0 Å². The first-order valence-corrected chi connectivity index (χ1v) is 13.6. The summed E-state index contributed by atoms with van der Waals surface area (Å²) in [6.07, 6.45) is 1.85. The molecule has 0 unspecified atom stereocenters. The maximum absolute atomic E-state index is 5.11. The van der Waals surface area contributed by atoms with Crippen molar-refractivity contribution in [1.82, 2.24) is 9.97 Å². The van der Waals surface area contributed by atoms with Crippen molar-refractivity contribution in [3.8, 4) is 33.8 Å². The molecule has 2 aromatic heterocycles. The average molecular weight is 512 g/mol. The summed E-state index contributed by atoms with van der Waals surface area (Å²) in [5.41, 5.74) is 10.7. The summed E-state index contributed by atoms with van der Waals surface area (Å²) in [4.78, 5) is 9.81. The van der Waals surface area contributed by atoms with Gasteiger partial charge in [-0.1, -0.05) is 96.1 Å². The molecule has 2 heterocycles. The van der Waals surface area contributed by atoms with E-state index in [0.29, 0.717) is 0 Å². The molecule has 0 saturated heterocycles. The van der Waals surface area contributed by atoms with Crippen molar-refractivity contribution in [3.05, 3.63) is 120 Å². The Morgan fingerprint density at radius 2 is 1.05 bits per heavy atom. The third kappa shape index (κ3) is 5.93. The number of aromatic nitrogens is 2. The lowest BCUT2D eigenvalue weighted by Gasteiger charge is -2.24. The van der Waals surface area contributed by atoms with Crippen LogP contribution in [0.15, 0.2) is 109 Å². The largest absolute Gasteiger partial charge is 0.354 e. The van der Waals surface area contributed by atoms with E-state index in [4.69, 9.17) is 9.97 Å². The minimum Gasteiger partial charge on any atom is -0.354 e. The molecule has 0 atom stereocenters. The number of pyridine rings is 2. The number of hydrogen-bond donors (Lipinski definition) is 1. The summed E-state index contributed by atoms with van der Waals surface area (Å²) in [7, 11) is 0. The van der Waals surface area contributed by atoms with Crippen molar-refractivity contribution < 1.29 is 0 Å². The number of rotatable bonds is 5. The summed E-state index contributed by atoms with van der Waals surface area (Å²) < 4.78 is 0. The molecule has 3 nitrogen and oxygen atoms in total. The highest BCUT2D eigenvalue weighted by Crippen LogP contribution is 2.38. The number of nitrogens with zero attached hydrogens (tertiary/aromatic N) is 2. The molecule has 0 amide bonds. The number of anilines is 2. The molecule has 0 aliphatic heterocycles. The minimum atomic E-state index is 0.0117. The van der Waals surface area contributed by atoms with E-state index < -0.39 is 0 Å². The third-order valence-corrected chi connectivity index (χ3v) is 7.08. The second-order valence-corrected chi connectivity index (χ2v) is 12.1. The topological polar surface area (TPSA) is 37.8 Å². The maximum Gasteiger partial charge on any atom is 0.0730 e. The Labute approximate surface area is 233 Å². The van der Waals surface area contributed by atoms with Gasteiger partial charge in [-0.2, -0.15) is 0 Å². The molecule has 0 spiro atoms. The Balaban J connectivity index is 1.65. The van der Waals surface area contributed by atoms with Crippen molar-refractivity contribution in [3.63, 3.8) is 0 Å². The van der Waals surface area contributed by atoms with Gasteiger partial charge in [0.2, 0.25) is 0 Å². The summed E-state index contributed by atoms with van der Waals surface area (Å²) in [5, 5.41) is 3.77. The molecule has 0 fully saturated rings. The van der Waals surface area contributed by atoms with Gasteiger partial charge in [-0.3, -0.25) is 4.98 Å². The van der Waals surface area contributed by atoms with Crippen LogP contribution in [0.2, 0.25) is 0 Å². The smallest absolute Gasteiger partial charge is 0.0730 e. The lowest BCUT2D eigenvalue weighted by atomic mass is 9.85. The Morgan fingerprint density at radius 1 is 0.513 bits per heavy atom. The monoisotopic (exact) mass is 511 g/mol. The van der Waals surface area contributed by atoms with Crippen LogP contribution >= 0.6 is 0 Å². The highest BCUT2D eigenvalue weighted by Gasteiger charge is 2.20. The van der Waals surface area contributed by atoms with Crippen LogP contribution in [-0.4, -0.2) is 9.97 Å². The highest BCUT2D eigenvalue weighted by molar-refractivity contribution is 5.86. The number of benzene rings is 3. The van der Waals surface area contributed by atoms with E-state index in [1.165, 1.54) is 11.1 Å².